The van der Waals surface area contributed by atoms with E-state index in [0.29, 0.717) is 0 Å². The number of nitrogens with one attached hydrogen (secondary N) is 1. The molecule has 0 saturated heterocycles. The number of carboxylic acid groups (broad SMARTS) is 1. The van der Waals surface area contributed by atoms with Crippen LogP contribution in [0, 0.1) is 0 Å². The normalized spacial score (nSPS) is 11.1. The molecule has 1 aromatic rings. The van der Waals surface area contributed by atoms with E-state index in [1.165, 1.54) is 0 Å². The number of hydrogen-bond acceptors (Lipinski definition) is 4. The Kier molecular flexibility index (Phi) is 3.84. The Hall–Kier alpha value is -2.19. The summed E-state index contributed by atoms with van der Waals surface area (Å²) >= 11 is 0. The number of aromatic nitrogens is 1. The molecule has 6 nitrogen and oxygen atoms in total. The standard InChI is InChI=1S/C9H8F3NO5/c1-17-5-3-13-8(16)4(2-6(14)15)7(5)18-9(10,11)12/h3H,2H2,1H3,(H,13,16)(H,14,15). The van der Waals surface area contributed by atoms with E-state index in [0.717, 1.165) is 13.3 Å². The molecular weight excluding hydrogens is 259 g/mol. The van der Waals surface area contributed by atoms with Gasteiger partial charge >= 0.3 is 12.3 Å². The Morgan fingerprint density at radius 1 is 1.50 bits per heavy atom. The molecule has 9 heteroatoms. The number of halogens is 3. The molecular formula is C9H8F3NO5. The van der Waals surface area contributed by atoms with Gasteiger partial charge in [0.2, 0.25) is 0 Å². The van der Waals surface area contributed by atoms with Crippen LogP contribution < -0.4 is 15.0 Å². The SMILES string of the molecule is COc1c[nH]c(=O)c(CC(=O)O)c1OC(F)(F)F. The molecule has 1 aromatic heterocycles. The zero-order valence-corrected chi connectivity index (χ0v) is 9.00. The lowest BCUT2D eigenvalue weighted by Crippen LogP contribution is -2.24. The van der Waals surface area contributed by atoms with Gasteiger partial charge in [-0.2, -0.15) is 0 Å². The van der Waals surface area contributed by atoms with Gasteiger partial charge in [0.15, 0.2) is 11.5 Å². The number of carbonyl (C=O) groups is 1. The van der Waals surface area contributed by atoms with Crippen molar-refractivity contribution in [1.82, 2.24) is 4.98 Å². The van der Waals surface area contributed by atoms with Crippen molar-refractivity contribution in [2.45, 2.75) is 12.8 Å². The molecule has 0 unspecified atom stereocenters. The molecule has 0 aliphatic heterocycles. The maximum Gasteiger partial charge on any atom is 0.573 e. The molecule has 100 valence electrons. The van der Waals surface area contributed by atoms with E-state index in [1.807, 2.05) is 0 Å². The molecule has 1 rings (SSSR count). The summed E-state index contributed by atoms with van der Waals surface area (Å²) < 4.78 is 44.7. The van der Waals surface area contributed by atoms with E-state index >= 15 is 0 Å². The third kappa shape index (κ3) is 3.40. The number of alkyl halides is 3. The van der Waals surface area contributed by atoms with Crippen molar-refractivity contribution in [2.24, 2.45) is 0 Å². The largest absolute Gasteiger partial charge is 0.573 e. The van der Waals surface area contributed by atoms with Crippen LogP contribution in [0.2, 0.25) is 0 Å². The summed E-state index contributed by atoms with van der Waals surface area (Å²) in [4.78, 5) is 23.9. The first-order valence-corrected chi connectivity index (χ1v) is 4.50. The van der Waals surface area contributed by atoms with Gasteiger partial charge in [-0.05, 0) is 0 Å². The average molecular weight is 267 g/mol. The van der Waals surface area contributed by atoms with Crippen LogP contribution in [0.5, 0.6) is 11.5 Å². The first-order chi connectivity index (χ1) is 8.24. The zero-order valence-electron chi connectivity index (χ0n) is 9.00. The van der Waals surface area contributed by atoms with Gasteiger partial charge in [-0.25, -0.2) is 0 Å². The Bertz CT molecular complexity index is 508. The number of aromatic amines is 1. The van der Waals surface area contributed by atoms with Crippen molar-refractivity contribution < 1.29 is 32.5 Å². The van der Waals surface area contributed by atoms with Crippen LogP contribution in [-0.2, 0) is 11.2 Å². The minimum atomic E-state index is -5.06. The number of hydrogen-bond donors (Lipinski definition) is 2. The van der Waals surface area contributed by atoms with Crippen molar-refractivity contribution in [3.63, 3.8) is 0 Å². The number of ether oxygens (including phenoxy) is 2. The molecule has 1 heterocycles. The molecule has 0 bridgehead atoms. The maximum absolute atomic E-state index is 12.2. The Balaban J connectivity index is 3.36. The smallest absolute Gasteiger partial charge is 0.491 e. The lowest BCUT2D eigenvalue weighted by atomic mass is 10.2. The van der Waals surface area contributed by atoms with Crippen LogP contribution in [0.1, 0.15) is 5.56 Å². The van der Waals surface area contributed by atoms with Crippen LogP contribution in [-0.4, -0.2) is 29.5 Å². The quantitative estimate of drug-likeness (QED) is 0.846. The number of H-pyrrole nitrogens is 1. The van der Waals surface area contributed by atoms with Crippen molar-refractivity contribution in [1.29, 1.82) is 0 Å². The first-order valence-electron chi connectivity index (χ1n) is 4.50. The van der Waals surface area contributed by atoms with E-state index in [-0.39, 0.29) is 0 Å². The number of aliphatic carboxylic acids is 1. The number of pyridine rings is 1. The van der Waals surface area contributed by atoms with Crippen LogP contribution in [0.4, 0.5) is 13.2 Å². The van der Waals surface area contributed by atoms with E-state index < -0.39 is 41.4 Å². The predicted octanol–water partition coefficient (Wildman–Crippen LogP) is 0.909. The second-order valence-corrected chi connectivity index (χ2v) is 3.11. The highest BCUT2D eigenvalue weighted by atomic mass is 19.4. The van der Waals surface area contributed by atoms with Gasteiger partial charge in [0, 0.05) is 0 Å². The lowest BCUT2D eigenvalue weighted by Gasteiger charge is -2.14. The summed E-state index contributed by atoms with van der Waals surface area (Å²) in [5, 5.41) is 8.55. The van der Waals surface area contributed by atoms with Gasteiger partial charge in [0.1, 0.15) is 0 Å². The van der Waals surface area contributed by atoms with Gasteiger partial charge in [-0.15, -0.1) is 13.2 Å². The highest BCUT2D eigenvalue weighted by molar-refractivity contribution is 5.71. The fourth-order valence-electron chi connectivity index (χ4n) is 1.23. The van der Waals surface area contributed by atoms with Crippen LogP contribution in [0.15, 0.2) is 11.0 Å². The van der Waals surface area contributed by atoms with E-state index in [1.54, 1.807) is 0 Å². The van der Waals surface area contributed by atoms with Crippen molar-refractivity contribution in [3.05, 3.63) is 22.1 Å². The summed E-state index contributed by atoms with van der Waals surface area (Å²) in [7, 11) is 1.06. The van der Waals surface area contributed by atoms with Gasteiger partial charge < -0.3 is 19.6 Å². The molecule has 18 heavy (non-hydrogen) atoms. The third-order valence-electron chi connectivity index (χ3n) is 1.87. The first kappa shape index (κ1) is 13.9. The average Bonchev–Trinajstić information content (AvgIpc) is 2.21. The molecule has 0 fully saturated rings. The van der Waals surface area contributed by atoms with E-state index in [9.17, 15) is 22.8 Å². The summed E-state index contributed by atoms with van der Waals surface area (Å²) in [6, 6.07) is 0. The molecule has 0 radical (unpaired) electrons. The summed E-state index contributed by atoms with van der Waals surface area (Å²) in [6.07, 6.45) is -5.12. The molecule has 0 spiro atoms. The fraction of sp³-hybridized carbons (Fsp3) is 0.333. The second kappa shape index (κ2) is 4.98. The third-order valence-corrected chi connectivity index (χ3v) is 1.87. The number of methoxy groups -OCH3 is 1. The molecule has 0 aromatic carbocycles. The van der Waals surface area contributed by atoms with Crippen molar-refractivity contribution >= 4 is 5.97 Å². The van der Waals surface area contributed by atoms with E-state index in [2.05, 4.69) is 14.5 Å². The van der Waals surface area contributed by atoms with Crippen LogP contribution >= 0.6 is 0 Å². The molecule has 0 amide bonds. The van der Waals surface area contributed by atoms with Gasteiger partial charge in [0.05, 0.1) is 25.3 Å². The topological polar surface area (TPSA) is 88.6 Å². The van der Waals surface area contributed by atoms with Gasteiger partial charge in [-0.3, -0.25) is 9.59 Å². The molecule has 0 saturated carbocycles. The maximum atomic E-state index is 12.2. The van der Waals surface area contributed by atoms with E-state index in [4.69, 9.17) is 5.11 Å². The van der Waals surface area contributed by atoms with Crippen molar-refractivity contribution in [2.75, 3.05) is 7.11 Å². The number of carboxylic acids is 1. The molecule has 0 atom stereocenters. The fourth-order valence-corrected chi connectivity index (χ4v) is 1.23. The van der Waals surface area contributed by atoms with Crippen LogP contribution in [0.25, 0.3) is 0 Å². The summed E-state index contributed by atoms with van der Waals surface area (Å²) in [5.74, 6) is -2.83. The highest BCUT2D eigenvalue weighted by Crippen LogP contribution is 2.33. The summed E-state index contributed by atoms with van der Waals surface area (Å²) in [5.41, 5.74) is -1.66. The lowest BCUT2D eigenvalue weighted by molar-refractivity contribution is -0.275. The molecule has 2 N–H and O–H groups in total. The molecule has 0 aliphatic carbocycles. The minimum Gasteiger partial charge on any atom is -0.491 e. The van der Waals surface area contributed by atoms with Crippen molar-refractivity contribution in [3.8, 4) is 11.5 Å². The number of rotatable bonds is 4. The van der Waals surface area contributed by atoms with Gasteiger partial charge in [-0.1, -0.05) is 0 Å². The zero-order chi connectivity index (χ0) is 13.9. The second-order valence-electron chi connectivity index (χ2n) is 3.11. The minimum absolute atomic E-state index is 0.414. The Morgan fingerprint density at radius 3 is 2.56 bits per heavy atom. The Morgan fingerprint density at radius 2 is 2.11 bits per heavy atom. The molecule has 0 aliphatic rings. The van der Waals surface area contributed by atoms with Gasteiger partial charge in [0.25, 0.3) is 5.56 Å². The summed E-state index contributed by atoms with van der Waals surface area (Å²) in [6.45, 7) is 0. The highest BCUT2D eigenvalue weighted by Gasteiger charge is 2.34. The monoisotopic (exact) mass is 267 g/mol. The van der Waals surface area contributed by atoms with Crippen LogP contribution in [0.3, 0.4) is 0 Å². The Labute approximate surface area is 98.0 Å². The predicted molar refractivity (Wildman–Crippen MR) is 51.6 cm³/mol.